The Hall–Kier alpha value is -1.54. The number of aryl methyl sites for hydroxylation is 1. The maximum Gasteiger partial charge on any atom is 0.132 e. The van der Waals surface area contributed by atoms with Gasteiger partial charge in [0.15, 0.2) is 0 Å². The first-order chi connectivity index (χ1) is 13.6. The fourth-order valence-corrected chi connectivity index (χ4v) is 5.20. The summed E-state index contributed by atoms with van der Waals surface area (Å²) in [6, 6.07) is 9.83. The lowest BCUT2D eigenvalue weighted by atomic mass is 9.86. The molecule has 6 heteroatoms. The molecule has 0 radical (unpaired) electrons. The molecule has 0 bridgehead atoms. The van der Waals surface area contributed by atoms with Crippen LogP contribution in [0.4, 0.5) is 13.2 Å². The number of hydrogen-bond acceptors (Lipinski definition) is 1. The van der Waals surface area contributed by atoms with E-state index in [1.54, 1.807) is 0 Å². The molecule has 1 aliphatic rings. The molecule has 2 heterocycles. The van der Waals surface area contributed by atoms with E-state index in [0.29, 0.717) is 9.99 Å². The minimum absolute atomic E-state index is 0.00109. The highest BCUT2D eigenvalue weighted by atomic mass is 127. The molecule has 0 saturated carbocycles. The summed E-state index contributed by atoms with van der Waals surface area (Å²) in [7, 11) is 1.99. The third-order valence-electron chi connectivity index (χ3n) is 5.81. The van der Waals surface area contributed by atoms with Crippen LogP contribution >= 0.6 is 22.6 Å². The summed E-state index contributed by atoms with van der Waals surface area (Å²) in [4.78, 5) is 1.92. The van der Waals surface area contributed by atoms with Gasteiger partial charge in [-0.2, -0.15) is 0 Å². The summed E-state index contributed by atoms with van der Waals surface area (Å²) in [5.74, 6) is -1.18. The summed E-state index contributed by atoms with van der Waals surface area (Å²) in [5.41, 5.74) is 1.45. The molecule has 0 N–H and O–H groups in total. The number of halogens is 4. The van der Waals surface area contributed by atoms with E-state index in [2.05, 4.69) is 4.57 Å². The van der Waals surface area contributed by atoms with E-state index in [-0.39, 0.29) is 18.2 Å². The van der Waals surface area contributed by atoms with Crippen LogP contribution in [0.2, 0.25) is 0 Å². The summed E-state index contributed by atoms with van der Waals surface area (Å²) < 4.78 is 47.7. The molecule has 0 spiro atoms. The summed E-state index contributed by atoms with van der Waals surface area (Å²) in [6.45, 7) is 5.11. The second kappa shape index (κ2) is 7.30. The molecular formula is C23H24F3IN2. The van der Waals surface area contributed by atoms with Crippen molar-refractivity contribution < 1.29 is 13.2 Å². The van der Waals surface area contributed by atoms with Gasteiger partial charge in [0.05, 0.1) is 6.04 Å². The summed E-state index contributed by atoms with van der Waals surface area (Å²) in [6.07, 6.45) is 0.695. The van der Waals surface area contributed by atoms with Crippen LogP contribution in [-0.4, -0.2) is 27.7 Å². The lowest BCUT2D eigenvalue weighted by Crippen LogP contribution is -2.48. The number of hydrogen-bond donors (Lipinski definition) is 0. The molecule has 1 aromatic heterocycles. The fraction of sp³-hybridized carbons (Fsp3) is 0.391. The van der Waals surface area contributed by atoms with Crippen molar-refractivity contribution in [3.05, 3.63) is 68.4 Å². The Kier molecular flexibility index (Phi) is 5.22. The second-order valence-corrected chi connectivity index (χ2v) is 9.81. The van der Waals surface area contributed by atoms with Crippen LogP contribution in [0, 0.1) is 15.2 Å². The number of nitrogens with zero attached hydrogens (tertiary/aromatic N) is 2. The molecule has 2 nitrogen and oxygen atoms in total. The average Bonchev–Trinajstić information content (AvgIpc) is 2.88. The monoisotopic (exact) mass is 512 g/mol. The van der Waals surface area contributed by atoms with Crippen molar-refractivity contribution in [2.24, 2.45) is 7.05 Å². The number of benzene rings is 2. The van der Waals surface area contributed by atoms with E-state index in [0.717, 1.165) is 22.2 Å². The Morgan fingerprint density at radius 1 is 1.10 bits per heavy atom. The first-order valence-electron chi connectivity index (χ1n) is 9.74. The third kappa shape index (κ3) is 3.58. The SMILES string of the molecule is CC1Cc2c(c3ccccc3n2C)C(c2c(F)cc(I)cc2F)N1CC(C)(C)F. The van der Waals surface area contributed by atoms with Gasteiger partial charge in [-0.15, -0.1) is 0 Å². The molecular weight excluding hydrogens is 488 g/mol. The third-order valence-corrected chi connectivity index (χ3v) is 6.43. The van der Waals surface area contributed by atoms with Gasteiger partial charge in [0.1, 0.15) is 17.3 Å². The van der Waals surface area contributed by atoms with Crippen LogP contribution in [0.5, 0.6) is 0 Å². The normalized spacial score (nSPS) is 20.3. The van der Waals surface area contributed by atoms with Crippen LogP contribution in [-0.2, 0) is 13.5 Å². The van der Waals surface area contributed by atoms with Crippen LogP contribution in [0.25, 0.3) is 10.9 Å². The van der Waals surface area contributed by atoms with Gasteiger partial charge < -0.3 is 4.57 Å². The number of para-hydroxylation sites is 1. The zero-order chi connectivity index (χ0) is 21.1. The second-order valence-electron chi connectivity index (χ2n) is 8.57. The van der Waals surface area contributed by atoms with Gasteiger partial charge >= 0.3 is 0 Å². The number of rotatable bonds is 3. The highest BCUT2D eigenvalue weighted by Gasteiger charge is 2.41. The molecule has 2 unspecified atom stereocenters. The lowest BCUT2D eigenvalue weighted by Gasteiger charge is -2.43. The van der Waals surface area contributed by atoms with Crippen molar-refractivity contribution >= 4 is 33.5 Å². The smallest absolute Gasteiger partial charge is 0.132 e. The van der Waals surface area contributed by atoms with E-state index in [1.807, 2.05) is 65.7 Å². The highest BCUT2D eigenvalue weighted by molar-refractivity contribution is 14.1. The van der Waals surface area contributed by atoms with Gasteiger partial charge in [0, 0.05) is 57.3 Å². The quantitative estimate of drug-likeness (QED) is 0.383. The van der Waals surface area contributed by atoms with Crippen molar-refractivity contribution in [2.45, 2.75) is 44.9 Å². The van der Waals surface area contributed by atoms with Crippen molar-refractivity contribution in [1.29, 1.82) is 0 Å². The Morgan fingerprint density at radius 2 is 1.72 bits per heavy atom. The maximum atomic E-state index is 15.2. The Labute approximate surface area is 182 Å². The largest absolute Gasteiger partial charge is 0.347 e. The molecule has 2 aromatic carbocycles. The molecule has 3 aromatic rings. The van der Waals surface area contributed by atoms with Crippen molar-refractivity contribution in [3.63, 3.8) is 0 Å². The van der Waals surface area contributed by atoms with Crippen molar-refractivity contribution in [3.8, 4) is 0 Å². The molecule has 29 heavy (non-hydrogen) atoms. The van der Waals surface area contributed by atoms with E-state index >= 15 is 8.78 Å². The van der Waals surface area contributed by atoms with Gasteiger partial charge in [-0.3, -0.25) is 4.90 Å². The predicted octanol–water partition coefficient (Wildman–Crippen LogP) is 6.15. The van der Waals surface area contributed by atoms with Crippen LogP contribution in [0.15, 0.2) is 36.4 Å². The Balaban J connectivity index is 2.04. The molecule has 0 amide bonds. The Morgan fingerprint density at radius 3 is 2.34 bits per heavy atom. The van der Waals surface area contributed by atoms with Gasteiger partial charge in [-0.25, -0.2) is 13.2 Å². The van der Waals surface area contributed by atoms with Crippen molar-refractivity contribution in [1.82, 2.24) is 9.47 Å². The maximum absolute atomic E-state index is 15.2. The molecule has 1 aliphatic heterocycles. The fourth-order valence-electron chi connectivity index (χ4n) is 4.65. The minimum atomic E-state index is -1.50. The van der Waals surface area contributed by atoms with E-state index in [4.69, 9.17) is 0 Å². The molecule has 2 atom stereocenters. The summed E-state index contributed by atoms with van der Waals surface area (Å²) in [5, 5.41) is 0.959. The zero-order valence-electron chi connectivity index (χ0n) is 16.9. The first-order valence-corrected chi connectivity index (χ1v) is 10.8. The summed E-state index contributed by atoms with van der Waals surface area (Å²) >= 11 is 1.91. The zero-order valence-corrected chi connectivity index (χ0v) is 19.1. The standard InChI is InChI=1S/C23H24F3IN2/c1-13-9-19-20(15-7-5-6-8-18(15)28(19)4)22(29(13)12-23(2,3)26)21-16(24)10-14(27)11-17(21)25/h5-8,10-11,13,22H,9,12H2,1-4H3. The van der Waals surface area contributed by atoms with Gasteiger partial charge in [0.2, 0.25) is 0 Å². The van der Waals surface area contributed by atoms with Crippen LogP contribution in [0.1, 0.15) is 43.6 Å². The lowest BCUT2D eigenvalue weighted by molar-refractivity contribution is 0.0648. The molecule has 154 valence electrons. The average molecular weight is 512 g/mol. The molecule has 0 fully saturated rings. The van der Waals surface area contributed by atoms with E-state index < -0.39 is 23.3 Å². The predicted molar refractivity (Wildman–Crippen MR) is 119 cm³/mol. The Bertz CT molecular complexity index is 1060. The molecule has 4 rings (SSSR count). The van der Waals surface area contributed by atoms with E-state index in [1.165, 1.54) is 26.0 Å². The number of aromatic nitrogens is 1. The number of alkyl halides is 1. The van der Waals surface area contributed by atoms with Crippen LogP contribution in [0.3, 0.4) is 0 Å². The van der Waals surface area contributed by atoms with Gasteiger partial charge in [-0.05, 0) is 61.6 Å². The molecule has 0 aliphatic carbocycles. The topological polar surface area (TPSA) is 8.17 Å². The minimum Gasteiger partial charge on any atom is -0.347 e. The number of fused-ring (bicyclic) bond motifs is 3. The van der Waals surface area contributed by atoms with Crippen LogP contribution < -0.4 is 0 Å². The van der Waals surface area contributed by atoms with Crippen molar-refractivity contribution in [2.75, 3.05) is 6.54 Å². The van der Waals surface area contributed by atoms with Gasteiger partial charge in [-0.1, -0.05) is 18.2 Å². The van der Waals surface area contributed by atoms with E-state index in [9.17, 15) is 4.39 Å². The molecule has 0 saturated heterocycles. The van der Waals surface area contributed by atoms with Gasteiger partial charge in [0.25, 0.3) is 0 Å². The first kappa shape index (κ1) is 20.7. The highest BCUT2D eigenvalue weighted by Crippen LogP contribution is 2.45.